The van der Waals surface area contributed by atoms with Gasteiger partial charge in [0.2, 0.25) is 0 Å². The van der Waals surface area contributed by atoms with E-state index in [0.29, 0.717) is 12.5 Å². The highest BCUT2D eigenvalue weighted by molar-refractivity contribution is 5.72. The van der Waals surface area contributed by atoms with Crippen molar-refractivity contribution in [1.29, 1.82) is 0 Å². The summed E-state index contributed by atoms with van der Waals surface area (Å²) in [6.45, 7) is 11.2. The van der Waals surface area contributed by atoms with Crippen LogP contribution in [0.5, 0.6) is 5.75 Å². The molecule has 0 spiro atoms. The zero-order chi connectivity index (χ0) is 28.9. The van der Waals surface area contributed by atoms with E-state index < -0.39 is 0 Å². The van der Waals surface area contributed by atoms with Gasteiger partial charge in [0.05, 0.1) is 25.5 Å². The number of pyridine rings is 1. The van der Waals surface area contributed by atoms with Gasteiger partial charge in [0.1, 0.15) is 11.4 Å². The topological polar surface area (TPSA) is 58.4 Å². The molecule has 6 rings (SSSR count). The van der Waals surface area contributed by atoms with E-state index >= 15 is 0 Å². The molecule has 2 aromatic rings. The van der Waals surface area contributed by atoms with Crippen molar-refractivity contribution in [2.45, 2.75) is 58.3 Å². The third-order valence-corrected chi connectivity index (χ3v) is 8.15. The molecule has 3 heterocycles. The van der Waals surface area contributed by atoms with Crippen LogP contribution in [0.2, 0.25) is 0 Å². The minimum atomic E-state index is -0.142. The fourth-order valence-corrected chi connectivity index (χ4v) is 5.92. The van der Waals surface area contributed by atoms with Crippen LogP contribution in [0.25, 0.3) is 28.9 Å². The summed E-state index contributed by atoms with van der Waals surface area (Å²) in [5.74, 6) is 2.04. The molecule has 6 heteroatoms. The molecule has 0 saturated carbocycles. The van der Waals surface area contributed by atoms with Crippen molar-refractivity contribution in [3.63, 3.8) is 0 Å². The zero-order valence-corrected chi connectivity index (χ0v) is 24.6. The third-order valence-electron chi connectivity index (χ3n) is 8.15. The van der Waals surface area contributed by atoms with Crippen molar-refractivity contribution in [3.05, 3.63) is 107 Å². The second-order valence-electron chi connectivity index (χ2n) is 11.0. The number of ether oxygens (including phenoxy) is 3. The first-order valence-corrected chi connectivity index (χ1v) is 15.0. The van der Waals surface area contributed by atoms with Gasteiger partial charge in [0.25, 0.3) is 0 Å². The van der Waals surface area contributed by atoms with E-state index in [2.05, 4.69) is 98.1 Å². The van der Waals surface area contributed by atoms with Crippen molar-refractivity contribution in [2.75, 3.05) is 19.8 Å². The molecule has 1 saturated heterocycles. The molecule has 0 N–H and O–H groups in total. The number of imidazole rings is 1. The molecule has 42 heavy (non-hydrogen) atoms. The van der Waals surface area contributed by atoms with Crippen LogP contribution in [-0.2, 0) is 22.4 Å². The van der Waals surface area contributed by atoms with Crippen LogP contribution >= 0.6 is 0 Å². The SMILES string of the molecule is C=Cc1cccc(-c2nc3ccn(CC4=CCC(c5ccc(OCCC6OCCCO6)cc5C)C=C4)cc-3n2)c1CC. The Bertz CT molecular complexity index is 1580. The average Bonchev–Trinajstić information content (AvgIpc) is 3.45. The summed E-state index contributed by atoms with van der Waals surface area (Å²) >= 11 is 0. The van der Waals surface area contributed by atoms with E-state index in [-0.39, 0.29) is 6.29 Å². The Balaban J connectivity index is 1.08. The predicted octanol–water partition coefficient (Wildman–Crippen LogP) is 7.77. The molecule has 4 aliphatic rings. The summed E-state index contributed by atoms with van der Waals surface area (Å²) in [7, 11) is 0. The first-order chi connectivity index (χ1) is 20.6. The zero-order valence-electron chi connectivity index (χ0n) is 24.6. The largest absolute Gasteiger partial charge is 0.493 e. The van der Waals surface area contributed by atoms with Crippen LogP contribution in [-0.4, -0.2) is 40.6 Å². The molecule has 1 fully saturated rings. The van der Waals surface area contributed by atoms with Gasteiger partial charge in [-0.25, -0.2) is 9.97 Å². The van der Waals surface area contributed by atoms with Gasteiger partial charge in [-0.1, -0.05) is 62.1 Å². The van der Waals surface area contributed by atoms with Crippen LogP contribution in [0.4, 0.5) is 0 Å². The third kappa shape index (κ3) is 6.25. The van der Waals surface area contributed by atoms with Gasteiger partial charge in [-0.15, -0.1) is 0 Å². The van der Waals surface area contributed by atoms with Crippen molar-refractivity contribution >= 4 is 6.08 Å². The average molecular weight is 562 g/mol. The van der Waals surface area contributed by atoms with Gasteiger partial charge < -0.3 is 18.8 Å². The first kappa shape index (κ1) is 28.1. The molecule has 0 radical (unpaired) electrons. The number of nitrogens with zero attached hydrogens (tertiary/aromatic N) is 3. The molecule has 6 nitrogen and oxygen atoms in total. The lowest BCUT2D eigenvalue weighted by molar-refractivity contribution is -0.183. The smallest absolute Gasteiger partial charge is 0.160 e. The summed E-state index contributed by atoms with van der Waals surface area (Å²) in [4.78, 5) is 9.75. The minimum absolute atomic E-state index is 0.142. The molecule has 0 aromatic heterocycles. The van der Waals surface area contributed by atoms with Crippen molar-refractivity contribution in [1.82, 2.24) is 14.5 Å². The van der Waals surface area contributed by atoms with Gasteiger partial charge in [0, 0.05) is 36.8 Å². The molecular formula is C36H39N3O3. The van der Waals surface area contributed by atoms with Crippen LogP contribution < -0.4 is 4.74 Å². The molecular weight excluding hydrogens is 522 g/mol. The normalized spacial score (nSPS) is 17.4. The number of fused-ring (bicyclic) bond motifs is 1. The Morgan fingerprint density at radius 3 is 2.71 bits per heavy atom. The highest BCUT2D eigenvalue weighted by Crippen LogP contribution is 2.33. The lowest BCUT2D eigenvalue weighted by atomic mass is 9.87. The van der Waals surface area contributed by atoms with E-state index in [1.807, 2.05) is 6.08 Å². The Hall–Kier alpha value is -4.00. The number of aromatic nitrogens is 3. The lowest BCUT2D eigenvalue weighted by Gasteiger charge is -2.23. The predicted molar refractivity (Wildman–Crippen MR) is 168 cm³/mol. The van der Waals surface area contributed by atoms with Gasteiger partial charge in [-0.2, -0.15) is 0 Å². The summed E-state index contributed by atoms with van der Waals surface area (Å²) in [6, 6.07) is 14.7. The Kier molecular flexibility index (Phi) is 8.63. The minimum Gasteiger partial charge on any atom is -0.493 e. The van der Waals surface area contributed by atoms with Crippen LogP contribution in [0, 0.1) is 6.92 Å². The maximum atomic E-state index is 5.99. The number of allylic oxidation sites excluding steroid dienone is 4. The van der Waals surface area contributed by atoms with Crippen molar-refractivity contribution in [3.8, 4) is 28.5 Å². The number of hydrogen-bond acceptors (Lipinski definition) is 5. The molecule has 2 aromatic carbocycles. The van der Waals surface area contributed by atoms with E-state index in [1.165, 1.54) is 22.3 Å². The highest BCUT2D eigenvalue weighted by Gasteiger charge is 2.18. The molecule has 0 bridgehead atoms. The lowest BCUT2D eigenvalue weighted by Crippen LogP contribution is -2.26. The summed E-state index contributed by atoms with van der Waals surface area (Å²) < 4.78 is 19.4. The summed E-state index contributed by atoms with van der Waals surface area (Å²) in [5.41, 5.74) is 9.18. The second kappa shape index (κ2) is 12.9. The van der Waals surface area contributed by atoms with Gasteiger partial charge in [0.15, 0.2) is 12.1 Å². The van der Waals surface area contributed by atoms with Crippen LogP contribution in [0.15, 0.2) is 85.2 Å². The fraction of sp³-hybridized carbons (Fsp3) is 0.333. The van der Waals surface area contributed by atoms with E-state index in [0.717, 1.165) is 79.5 Å². The molecule has 3 aliphatic heterocycles. The maximum Gasteiger partial charge on any atom is 0.160 e. The van der Waals surface area contributed by atoms with Gasteiger partial charge in [-0.3, -0.25) is 0 Å². The standard InChI is InChI=1S/C36H39N3O3/c1-4-27-8-6-9-32(30(27)5-2)36-37-33-16-18-39(24-34(33)38-36)23-26-10-12-28(13-11-26)31-15-14-29(22-25(31)3)40-21-17-35-41-19-7-20-42-35/h4,6,8-12,14-16,18,22,24,28,35H,1,5,7,13,17,19-21,23H2,2-3H3. The summed E-state index contributed by atoms with van der Waals surface area (Å²) in [6.07, 6.45) is 16.5. The number of benzene rings is 2. The van der Waals surface area contributed by atoms with Crippen molar-refractivity contribution < 1.29 is 14.2 Å². The van der Waals surface area contributed by atoms with Crippen LogP contribution in [0.1, 0.15) is 54.4 Å². The Morgan fingerprint density at radius 2 is 1.95 bits per heavy atom. The van der Waals surface area contributed by atoms with Gasteiger partial charge >= 0.3 is 0 Å². The maximum absolute atomic E-state index is 5.99. The second-order valence-corrected chi connectivity index (χ2v) is 11.0. The quantitative estimate of drug-likeness (QED) is 0.198. The molecule has 1 aliphatic carbocycles. The van der Waals surface area contributed by atoms with Gasteiger partial charge in [-0.05, 0) is 72.2 Å². The summed E-state index contributed by atoms with van der Waals surface area (Å²) in [5, 5.41) is 0. The van der Waals surface area contributed by atoms with E-state index in [9.17, 15) is 0 Å². The molecule has 0 amide bonds. The molecule has 1 atom stereocenters. The molecule has 216 valence electrons. The fourth-order valence-electron chi connectivity index (χ4n) is 5.92. The monoisotopic (exact) mass is 561 g/mol. The number of hydrogen-bond donors (Lipinski definition) is 0. The number of aryl methyl sites for hydroxylation is 1. The highest BCUT2D eigenvalue weighted by atomic mass is 16.7. The van der Waals surface area contributed by atoms with E-state index in [4.69, 9.17) is 24.2 Å². The number of rotatable bonds is 10. The molecule has 1 unspecified atom stereocenters. The Labute approximate surface area is 248 Å². The van der Waals surface area contributed by atoms with Crippen LogP contribution in [0.3, 0.4) is 0 Å². The first-order valence-electron chi connectivity index (χ1n) is 15.0. The van der Waals surface area contributed by atoms with Crippen molar-refractivity contribution in [2.24, 2.45) is 0 Å². The Morgan fingerprint density at radius 1 is 1.10 bits per heavy atom. The van der Waals surface area contributed by atoms with E-state index in [1.54, 1.807) is 0 Å².